The molecule has 4 heteroatoms. The summed E-state index contributed by atoms with van der Waals surface area (Å²) in [7, 11) is 0. The van der Waals surface area contributed by atoms with Crippen LogP contribution in [0.25, 0.3) is 5.69 Å². The van der Waals surface area contributed by atoms with Gasteiger partial charge in [0.1, 0.15) is 5.82 Å². The van der Waals surface area contributed by atoms with Crippen LogP contribution in [0.3, 0.4) is 0 Å². The number of aromatic nitrogens is 3. The molecule has 4 nitrogen and oxygen atoms in total. The Balaban J connectivity index is 2.68. The molecule has 0 aliphatic heterocycles. The van der Waals surface area contributed by atoms with E-state index in [1.807, 2.05) is 37.6 Å². The second-order valence-electron chi connectivity index (χ2n) is 3.90. The molecule has 2 heterocycles. The monoisotopic (exact) mass is 216 g/mol. The SMILES string of the molecule is Cc1cc(-n2ccnc2C)c(CN)c(C)n1. The van der Waals surface area contributed by atoms with Crippen molar-refractivity contribution in [3.8, 4) is 5.69 Å². The van der Waals surface area contributed by atoms with Crippen LogP contribution in [0.15, 0.2) is 18.5 Å². The van der Waals surface area contributed by atoms with Crippen molar-refractivity contribution >= 4 is 0 Å². The van der Waals surface area contributed by atoms with Gasteiger partial charge in [-0.25, -0.2) is 4.98 Å². The fourth-order valence-electron chi connectivity index (χ4n) is 1.93. The van der Waals surface area contributed by atoms with E-state index in [9.17, 15) is 0 Å². The number of rotatable bonds is 2. The smallest absolute Gasteiger partial charge is 0.110 e. The standard InChI is InChI=1S/C12H16N4/c1-8-6-12(11(7-13)9(2)15-8)16-5-4-14-10(16)3/h4-6H,7,13H2,1-3H3. The van der Waals surface area contributed by atoms with Crippen LogP contribution in [-0.4, -0.2) is 14.5 Å². The molecule has 2 rings (SSSR count). The van der Waals surface area contributed by atoms with Gasteiger partial charge in [0, 0.05) is 35.9 Å². The summed E-state index contributed by atoms with van der Waals surface area (Å²) in [5.74, 6) is 0.958. The highest BCUT2D eigenvalue weighted by atomic mass is 15.1. The molecular weight excluding hydrogens is 200 g/mol. The molecular formula is C12H16N4. The second kappa shape index (κ2) is 4.06. The largest absolute Gasteiger partial charge is 0.326 e. The van der Waals surface area contributed by atoms with E-state index in [2.05, 4.69) is 9.97 Å². The molecule has 0 amide bonds. The Hall–Kier alpha value is -1.68. The van der Waals surface area contributed by atoms with Crippen molar-refractivity contribution in [3.63, 3.8) is 0 Å². The van der Waals surface area contributed by atoms with Crippen LogP contribution in [0.1, 0.15) is 22.8 Å². The van der Waals surface area contributed by atoms with Crippen LogP contribution < -0.4 is 5.73 Å². The van der Waals surface area contributed by atoms with Gasteiger partial charge in [-0.2, -0.15) is 0 Å². The van der Waals surface area contributed by atoms with E-state index in [0.717, 1.165) is 28.5 Å². The van der Waals surface area contributed by atoms with Gasteiger partial charge >= 0.3 is 0 Å². The zero-order valence-electron chi connectivity index (χ0n) is 9.86. The zero-order chi connectivity index (χ0) is 11.7. The van der Waals surface area contributed by atoms with Crippen molar-refractivity contribution in [2.24, 2.45) is 5.73 Å². The van der Waals surface area contributed by atoms with E-state index in [0.29, 0.717) is 6.54 Å². The normalized spacial score (nSPS) is 10.8. The molecule has 2 aromatic rings. The Labute approximate surface area is 95.1 Å². The van der Waals surface area contributed by atoms with Gasteiger partial charge in [0.15, 0.2) is 0 Å². The fraction of sp³-hybridized carbons (Fsp3) is 0.333. The second-order valence-corrected chi connectivity index (χ2v) is 3.90. The first-order valence-electron chi connectivity index (χ1n) is 5.31. The maximum Gasteiger partial charge on any atom is 0.110 e. The maximum absolute atomic E-state index is 5.78. The first kappa shape index (κ1) is 10.8. The number of nitrogens with zero attached hydrogens (tertiary/aromatic N) is 3. The van der Waals surface area contributed by atoms with Crippen LogP contribution in [-0.2, 0) is 6.54 Å². The van der Waals surface area contributed by atoms with E-state index in [4.69, 9.17) is 5.73 Å². The van der Waals surface area contributed by atoms with E-state index in [1.54, 1.807) is 6.20 Å². The minimum Gasteiger partial charge on any atom is -0.326 e. The van der Waals surface area contributed by atoms with Gasteiger partial charge < -0.3 is 10.3 Å². The molecule has 0 aromatic carbocycles. The van der Waals surface area contributed by atoms with Crippen molar-refractivity contribution in [1.29, 1.82) is 0 Å². The van der Waals surface area contributed by atoms with E-state index >= 15 is 0 Å². The number of hydrogen-bond acceptors (Lipinski definition) is 3. The molecule has 84 valence electrons. The third-order valence-corrected chi connectivity index (χ3v) is 2.72. The average molecular weight is 216 g/mol. The molecule has 0 unspecified atom stereocenters. The van der Waals surface area contributed by atoms with Crippen LogP contribution >= 0.6 is 0 Å². The number of aryl methyl sites for hydroxylation is 3. The van der Waals surface area contributed by atoms with E-state index < -0.39 is 0 Å². The van der Waals surface area contributed by atoms with Crippen molar-refractivity contribution < 1.29 is 0 Å². The first-order chi connectivity index (χ1) is 7.63. The Morgan fingerprint density at radius 2 is 2.06 bits per heavy atom. The number of imidazole rings is 1. The molecule has 16 heavy (non-hydrogen) atoms. The predicted molar refractivity (Wildman–Crippen MR) is 63.5 cm³/mol. The van der Waals surface area contributed by atoms with Gasteiger partial charge in [0.05, 0.1) is 5.69 Å². The third kappa shape index (κ3) is 1.72. The highest BCUT2D eigenvalue weighted by Crippen LogP contribution is 2.19. The summed E-state index contributed by atoms with van der Waals surface area (Å²) >= 11 is 0. The summed E-state index contributed by atoms with van der Waals surface area (Å²) in [5.41, 5.74) is 9.93. The molecule has 0 fully saturated rings. The van der Waals surface area contributed by atoms with Crippen LogP contribution in [0.2, 0.25) is 0 Å². The molecule has 0 aliphatic rings. The van der Waals surface area contributed by atoms with Gasteiger partial charge in [0.2, 0.25) is 0 Å². The highest BCUT2D eigenvalue weighted by molar-refractivity contribution is 5.45. The molecule has 0 spiro atoms. The predicted octanol–water partition coefficient (Wildman–Crippen LogP) is 1.65. The average Bonchev–Trinajstić information content (AvgIpc) is 2.63. The quantitative estimate of drug-likeness (QED) is 0.830. The summed E-state index contributed by atoms with van der Waals surface area (Å²) in [6.07, 6.45) is 3.74. The summed E-state index contributed by atoms with van der Waals surface area (Å²) < 4.78 is 2.05. The Bertz CT molecular complexity index is 514. The Morgan fingerprint density at radius 1 is 1.31 bits per heavy atom. The van der Waals surface area contributed by atoms with Crippen molar-refractivity contribution in [2.75, 3.05) is 0 Å². The molecule has 0 saturated heterocycles. The Kier molecular flexibility index (Phi) is 2.75. The van der Waals surface area contributed by atoms with Crippen molar-refractivity contribution in [1.82, 2.24) is 14.5 Å². The first-order valence-corrected chi connectivity index (χ1v) is 5.31. The number of nitrogens with two attached hydrogens (primary N) is 1. The van der Waals surface area contributed by atoms with Gasteiger partial charge in [-0.05, 0) is 26.8 Å². The minimum absolute atomic E-state index is 0.492. The van der Waals surface area contributed by atoms with Crippen molar-refractivity contribution in [3.05, 3.63) is 41.2 Å². The van der Waals surface area contributed by atoms with Gasteiger partial charge in [-0.3, -0.25) is 4.98 Å². The van der Waals surface area contributed by atoms with Gasteiger partial charge in [0.25, 0.3) is 0 Å². The molecule has 0 atom stereocenters. The van der Waals surface area contributed by atoms with E-state index in [1.165, 1.54) is 0 Å². The van der Waals surface area contributed by atoms with Crippen LogP contribution in [0.5, 0.6) is 0 Å². The summed E-state index contributed by atoms with van der Waals surface area (Å²) in [4.78, 5) is 8.66. The summed E-state index contributed by atoms with van der Waals surface area (Å²) in [6, 6.07) is 2.05. The molecule has 2 aromatic heterocycles. The maximum atomic E-state index is 5.78. The molecule has 2 N–H and O–H groups in total. The Morgan fingerprint density at radius 3 is 2.62 bits per heavy atom. The highest BCUT2D eigenvalue weighted by Gasteiger charge is 2.10. The fourth-order valence-corrected chi connectivity index (χ4v) is 1.93. The topological polar surface area (TPSA) is 56.7 Å². The zero-order valence-corrected chi connectivity index (χ0v) is 9.86. The third-order valence-electron chi connectivity index (χ3n) is 2.72. The van der Waals surface area contributed by atoms with Crippen LogP contribution in [0.4, 0.5) is 0 Å². The molecule has 0 aliphatic carbocycles. The molecule has 0 radical (unpaired) electrons. The lowest BCUT2D eigenvalue weighted by molar-refractivity contribution is 0.903. The number of hydrogen-bond donors (Lipinski definition) is 1. The summed E-state index contributed by atoms with van der Waals surface area (Å²) in [5, 5.41) is 0. The molecule has 0 bridgehead atoms. The lowest BCUT2D eigenvalue weighted by Gasteiger charge is -2.13. The van der Waals surface area contributed by atoms with Crippen LogP contribution in [0, 0.1) is 20.8 Å². The lowest BCUT2D eigenvalue weighted by atomic mass is 10.1. The lowest BCUT2D eigenvalue weighted by Crippen LogP contribution is -2.09. The van der Waals surface area contributed by atoms with E-state index in [-0.39, 0.29) is 0 Å². The molecule has 0 saturated carbocycles. The van der Waals surface area contributed by atoms with Crippen molar-refractivity contribution in [2.45, 2.75) is 27.3 Å². The number of pyridine rings is 1. The minimum atomic E-state index is 0.492. The van der Waals surface area contributed by atoms with Gasteiger partial charge in [-0.15, -0.1) is 0 Å². The van der Waals surface area contributed by atoms with Gasteiger partial charge in [-0.1, -0.05) is 0 Å². The summed E-state index contributed by atoms with van der Waals surface area (Å²) in [6.45, 7) is 6.45.